The second kappa shape index (κ2) is 6.79. The molecule has 7 heteroatoms. The zero-order valence-electron chi connectivity index (χ0n) is 10.4. The Balaban J connectivity index is 0.00000133. The van der Waals surface area contributed by atoms with Gasteiger partial charge in [0, 0.05) is 23.7 Å². The fourth-order valence-electron chi connectivity index (χ4n) is 2.15. The summed E-state index contributed by atoms with van der Waals surface area (Å²) in [6.45, 7) is 2.13. The number of nitrogens with one attached hydrogen (secondary N) is 2. The fraction of sp³-hybridized carbons (Fsp3) is 0.417. The highest BCUT2D eigenvalue weighted by atomic mass is 35.5. The Bertz CT molecular complexity index is 499. The molecule has 19 heavy (non-hydrogen) atoms. The first-order chi connectivity index (χ1) is 8.92. The average molecular weight is 298 g/mol. The van der Waals surface area contributed by atoms with Crippen LogP contribution in [0.15, 0.2) is 24.0 Å². The highest BCUT2D eigenvalue weighted by Crippen LogP contribution is 2.24. The van der Waals surface area contributed by atoms with Gasteiger partial charge in [-0.3, -0.25) is 4.98 Å². The van der Waals surface area contributed by atoms with E-state index in [9.17, 15) is 0 Å². The van der Waals surface area contributed by atoms with Crippen LogP contribution in [0.2, 0.25) is 0 Å². The predicted molar refractivity (Wildman–Crippen MR) is 79.5 cm³/mol. The van der Waals surface area contributed by atoms with E-state index in [1.165, 1.54) is 0 Å². The molecular weight excluding hydrogens is 282 g/mol. The van der Waals surface area contributed by atoms with E-state index in [-0.39, 0.29) is 12.4 Å². The summed E-state index contributed by atoms with van der Waals surface area (Å²) in [6.07, 6.45) is 7.66. The first-order valence-corrected chi connectivity index (χ1v) is 6.99. The molecule has 5 nitrogen and oxygen atoms in total. The Morgan fingerprint density at radius 3 is 2.84 bits per heavy atom. The molecule has 0 aromatic carbocycles. The second-order valence-corrected chi connectivity index (χ2v) is 5.21. The number of hydrogen-bond acceptors (Lipinski definition) is 6. The number of hydrogen-bond donors (Lipinski definition) is 2. The first-order valence-electron chi connectivity index (χ1n) is 6.11. The molecule has 1 aliphatic rings. The van der Waals surface area contributed by atoms with Gasteiger partial charge in [-0.05, 0) is 25.9 Å². The molecule has 0 atom stereocenters. The van der Waals surface area contributed by atoms with E-state index in [4.69, 9.17) is 0 Å². The molecule has 2 aromatic heterocycles. The summed E-state index contributed by atoms with van der Waals surface area (Å²) in [6, 6.07) is 0. The van der Waals surface area contributed by atoms with E-state index >= 15 is 0 Å². The summed E-state index contributed by atoms with van der Waals surface area (Å²) in [7, 11) is 0. The zero-order valence-corrected chi connectivity index (χ0v) is 12.0. The average Bonchev–Trinajstić information content (AvgIpc) is 2.93. The molecule has 0 radical (unpaired) electrons. The van der Waals surface area contributed by atoms with Crippen molar-refractivity contribution in [3.05, 3.63) is 29.7 Å². The van der Waals surface area contributed by atoms with Crippen molar-refractivity contribution in [1.82, 2.24) is 20.3 Å². The molecule has 1 fully saturated rings. The van der Waals surface area contributed by atoms with E-state index in [0.29, 0.717) is 5.92 Å². The van der Waals surface area contributed by atoms with Gasteiger partial charge in [0.2, 0.25) is 0 Å². The van der Waals surface area contributed by atoms with Crippen LogP contribution in [0.3, 0.4) is 0 Å². The minimum atomic E-state index is 0. The lowest BCUT2D eigenvalue weighted by Crippen LogP contribution is -2.27. The van der Waals surface area contributed by atoms with Crippen LogP contribution in [0.4, 0.5) is 10.9 Å². The maximum atomic E-state index is 4.64. The van der Waals surface area contributed by atoms with E-state index in [0.717, 1.165) is 42.6 Å². The number of nitrogens with zero attached hydrogens (tertiary/aromatic N) is 3. The van der Waals surface area contributed by atoms with E-state index in [1.807, 2.05) is 11.6 Å². The molecule has 0 aliphatic carbocycles. The Morgan fingerprint density at radius 1 is 1.26 bits per heavy atom. The standard InChI is InChI=1S/C12H15N5S.ClH/c1-3-13-4-2-9(1)10-7-14-8-11(16-10)17-12-15-5-6-18-12;/h5-9,13H,1-4H2,(H,15,16,17);1H. The van der Waals surface area contributed by atoms with Crippen LogP contribution in [0.1, 0.15) is 24.5 Å². The molecule has 2 N–H and O–H groups in total. The minimum Gasteiger partial charge on any atom is -0.317 e. The molecule has 0 saturated carbocycles. The van der Waals surface area contributed by atoms with Crippen molar-refractivity contribution in [1.29, 1.82) is 0 Å². The topological polar surface area (TPSA) is 62.7 Å². The number of piperidine rings is 1. The monoisotopic (exact) mass is 297 g/mol. The van der Waals surface area contributed by atoms with Crippen LogP contribution in [-0.2, 0) is 0 Å². The van der Waals surface area contributed by atoms with Crippen molar-refractivity contribution in [2.75, 3.05) is 18.4 Å². The highest BCUT2D eigenvalue weighted by Gasteiger charge is 2.17. The number of thiazole rings is 1. The van der Waals surface area contributed by atoms with Gasteiger partial charge in [-0.2, -0.15) is 0 Å². The Hall–Kier alpha value is -1.24. The van der Waals surface area contributed by atoms with Gasteiger partial charge < -0.3 is 10.6 Å². The van der Waals surface area contributed by atoms with Gasteiger partial charge >= 0.3 is 0 Å². The molecular formula is C12H16ClN5S. The van der Waals surface area contributed by atoms with Crippen molar-refractivity contribution < 1.29 is 0 Å². The van der Waals surface area contributed by atoms with Crippen LogP contribution in [0.5, 0.6) is 0 Å². The smallest absolute Gasteiger partial charge is 0.188 e. The molecule has 0 unspecified atom stereocenters. The predicted octanol–water partition coefficient (Wildman–Crippen LogP) is 2.57. The first kappa shape index (κ1) is 14.2. The van der Waals surface area contributed by atoms with Crippen molar-refractivity contribution in [2.45, 2.75) is 18.8 Å². The SMILES string of the molecule is Cl.c1csc(Nc2cncc(C3CCNCC3)n2)n1. The Morgan fingerprint density at radius 2 is 2.11 bits per heavy atom. The number of aromatic nitrogens is 3. The lowest BCUT2D eigenvalue weighted by atomic mass is 9.95. The molecule has 3 heterocycles. The summed E-state index contributed by atoms with van der Waals surface area (Å²) < 4.78 is 0. The maximum Gasteiger partial charge on any atom is 0.188 e. The normalized spacial score (nSPS) is 15.8. The van der Waals surface area contributed by atoms with E-state index in [1.54, 1.807) is 23.7 Å². The van der Waals surface area contributed by atoms with Crippen LogP contribution in [0, 0.1) is 0 Å². The quantitative estimate of drug-likeness (QED) is 0.912. The summed E-state index contributed by atoms with van der Waals surface area (Å²) in [5.41, 5.74) is 1.08. The summed E-state index contributed by atoms with van der Waals surface area (Å²) in [5, 5.41) is 9.34. The molecule has 0 amide bonds. The van der Waals surface area contributed by atoms with Crippen molar-refractivity contribution in [2.24, 2.45) is 0 Å². The number of halogens is 1. The number of rotatable bonds is 3. The molecule has 3 rings (SSSR count). The summed E-state index contributed by atoms with van der Waals surface area (Å²) >= 11 is 1.56. The highest BCUT2D eigenvalue weighted by molar-refractivity contribution is 7.13. The minimum absolute atomic E-state index is 0. The van der Waals surface area contributed by atoms with Crippen molar-refractivity contribution in [3.8, 4) is 0 Å². The summed E-state index contributed by atoms with van der Waals surface area (Å²) in [5.74, 6) is 1.30. The molecule has 1 aliphatic heterocycles. The molecule has 102 valence electrons. The zero-order chi connectivity index (χ0) is 12.2. The lowest BCUT2D eigenvalue weighted by Gasteiger charge is -2.22. The largest absolute Gasteiger partial charge is 0.317 e. The third-order valence-electron chi connectivity index (χ3n) is 3.08. The molecule has 1 saturated heterocycles. The van der Waals surface area contributed by atoms with Gasteiger partial charge in [0.25, 0.3) is 0 Å². The summed E-state index contributed by atoms with van der Waals surface area (Å²) in [4.78, 5) is 13.1. The van der Waals surface area contributed by atoms with Gasteiger partial charge in [-0.25, -0.2) is 9.97 Å². The molecule has 0 spiro atoms. The van der Waals surface area contributed by atoms with Crippen molar-refractivity contribution >= 4 is 34.7 Å². The van der Waals surface area contributed by atoms with Gasteiger partial charge in [0.15, 0.2) is 10.9 Å². The Kier molecular flexibility index (Phi) is 5.07. The van der Waals surface area contributed by atoms with Gasteiger partial charge in [0.1, 0.15) is 0 Å². The van der Waals surface area contributed by atoms with E-state index < -0.39 is 0 Å². The fourth-order valence-corrected chi connectivity index (χ4v) is 2.69. The van der Waals surface area contributed by atoms with Crippen molar-refractivity contribution in [3.63, 3.8) is 0 Å². The second-order valence-electron chi connectivity index (χ2n) is 4.32. The third-order valence-corrected chi connectivity index (χ3v) is 3.77. The third kappa shape index (κ3) is 3.62. The van der Waals surface area contributed by atoms with Crippen LogP contribution in [0.25, 0.3) is 0 Å². The number of anilines is 2. The maximum absolute atomic E-state index is 4.64. The molecule has 0 bridgehead atoms. The van der Waals surface area contributed by atoms with Gasteiger partial charge in [-0.1, -0.05) is 0 Å². The van der Waals surface area contributed by atoms with Crippen LogP contribution >= 0.6 is 23.7 Å². The van der Waals surface area contributed by atoms with E-state index in [2.05, 4.69) is 25.6 Å². The van der Waals surface area contributed by atoms with Gasteiger partial charge in [-0.15, -0.1) is 23.7 Å². The van der Waals surface area contributed by atoms with Gasteiger partial charge in [0.05, 0.1) is 11.9 Å². The lowest BCUT2D eigenvalue weighted by molar-refractivity contribution is 0.452. The van der Waals surface area contributed by atoms with Crippen LogP contribution < -0.4 is 10.6 Å². The Labute approximate surface area is 122 Å². The van der Waals surface area contributed by atoms with Crippen LogP contribution in [-0.4, -0.2) is 28.0 Å². The molecule has 2 aromatic rings.